The van der Waals surface area contributed by atoms with E-state index in [1.54, 1.807) is 22.7 Å². The predicted octanol–water partition coefficient (Wildman–Crippen LogP) is 3.42. The number of hydrogen-bond donors (Lipinski definition) is 1. The van der Waals surface area contributed by atoms with E-state index in [0.717, 1.165) is 4.88 Å². The van der Waals surface area contributed by atoms with E-state index in [1.807, 2.05) is 13.1 Å². The zero-order chi connectivity index (χ0) is 14.5. The van der Waals surface area contributed by atoms with Crippen LogP contribution < -0.4 is 4.90 Å². The number of nitriles is 1. The van der Waals surface area contributed by atoms with E-state index < -0.39 is 0 Å². The Labute approximate surface area is 126 Å². The van der Waals surface area contributed by atoms with Gasteiger partial charge in [0.2, 0.25) is 0 Å². The van der Waals surface area contributed by atoms with E-state index in [2.05, 4.69) is 30.9 Å². The number of aliphatic hydroxyl groups excluding tert-OH is 1. The van der Waals surface area contributed by atoms with Gasteiger partial charge in [-0.05, 0) is 23.3 Å². The number of fused-ring (bicyclic) bond motifs is 3. The molecule has 5 heteroatoms. The molecule has 1 N–H and O–H groups in total. The highest BCUT2D eigenvalue weighted by atomic mass is 32.1. The number of likely N-dealkylation sites (N-methyl/N-ethyl adjacent to an activating group) is 1. The average Bonchev–Trinajstić information content (AvgIpc) is 3.06. The van der Waals surface area contributed by atoms with Gasteiger partial charge in [0.25, 0.3) is 0 Å². The van der Waals surface area contributed by atoms with Crippen molar-refractivity contribution >= 4 is 27.7 Å². The fraction of sp³-hybridized carbons (Fsp3) is 0.400. The second-order valence-electron chi connectivity index (χ2n) is 5.56. The standard InChI is InChI=1S/C15H16N2OS2/c1-15(2)10-6-9(8-16)19-13(10)14-11(15)7-12(20-14)17(3)4-5-18/h6-7,18H,4-5H2,1-3H3. The van der Waals surface area contributed by atoms with Gasteiger partial charge in [0.05, 0.1) is 21.4 Å². The second-order valence-corrected chi connectivity index (χ2v) is 7.65. The third-order valence-electron chi connectivity index (χ3n) is 3.93. The van der Waals surface area contributed by atoms with E-state index in [1.165, 1.54) is 25.9 Å². The molecule has 1 aliphatic carbocycles. The molecular weight excluding hydrogens is 288 g/mol. The number of aliphatic hydroxyl groups is 1. The van der Waals surface area contributed by atoms with Gasteiger partial charge in [-0.3, -0.25) is 0 Å². The molecule has 2 heterocycles. The lowest BCUT2D eigenvalue weighted by atomic mass is 9.84. The minimum Gasteiger partial charge on any atom is -0.395 e. The first-order valence-corrected chi connectivity index (χ1v) is 8.13. The van der Waals surface area contributed by atoms with Crippen LogP contribution in [0.25, 0.3) is 9.75 Å². The summed E-state index contributed by atoms with van der Waals surface area (Å²) in [7, 11) is 2.00. The van der Waals surface area contributed by atoms with Crippen LogP contribution in [0.2, 0.25) is 0 Å². The molecular formula is C15H16N2OS2. The van der Waals surface area contributed by atoms with Gasteiger partial charge in [-0.2, -0.15) is 5.26 Å². The van der Waals surface area contributed by atoms with Gasteiger partial charge in [0.15, 0.2) is 0 Å². The van der Waals surface area contributed by atoms with E-state index in [0.29, 0.717) is 6.54 Å². The van der Waals surface area contributed by atoms with Crippen LogP contribution in [0.5, 0.6) is 0 Å². The molecule has 20 heavy (non-hydrogen) atoms. The van der Waals surface area contributed by atoms with Gasteiger partial charge < -0.3 is 10.0 Å². The molecule has 0 amide bonds. The largest absolute Gasteiger partial charge is 0.395 e. The molecule has 3 rings (SSSR count). The molecule has 2 aromatic heterocycles. The van der Waals surface area contributed by atoms with Gasteiger partial charge in [-0.25, -0.2) is 0 Å². The minimum absolute atomic E-state index is 0.0366. The Kier molecular flexibility index (Phi) is 3.13. The summed E-state index contributed by atoms with van der Waals surface area (Å²) in [5, 5.41) is 19.3. The highest BCUT2D eigenvalue weighted by Crippen LogP contribution is 2.56. The molecule has 0 aromatic carbocycles. The molecule has 0 unspecified atom stereocenters. The summed E-state index contributed by atoms with van der Waals surface area (Å²) in [6, 6.07) is 6.52. The van der Waals surface area contributed by atoms with Crippen molar-refractivity contribution in [1.82, 2.24) is 0 Å². The van der Waals surface area contributed by atoms with Crippen LogP contribution in [-0.4, -0.2) is 25.3 Å². The van der Waals surface area contributed by atoms with Gasteiger partial charge in [0.1, 0.15) is 10.9 Å². The van der Waals surface area contributed by atoms with Crippen LogP contribution in [0.15, 0.2) is 12.1 Å². The first kappa shape index (κ1) is 13.6. The maximum Gasteiger partial charge on any atom is 0.110 e. The van der Waals surface area contributed by atoms with Crippen molar-refractivity contribution in [2.45, 2.75) is 19.3 Å². The Morgan fingerprint density at radius 3 is 2.55 bits per heavy atom. The zero-order valence-corrected chi connectivity index (χ0v) is 13.4. The third-order valence-corrected chi connectivity index (χ3v) is 6.38. The molecule has 104 valence electrons. The van der Waals surface area contributed by atoms with E-state index >= 15 is 0 Å². The van der Waals surface area contributed by atoms with E-state index in [-0.39, 0.29) is 12.0 Å². The Morgan fingerprint density at radius 2 is 1.90 bits per heavy atom. The van der Waals surface area contributed by atoms with Gasteiger partial charge in [-0.15, -0.1) is 22.7 Å². The van der Waals surface area contributed by atoms with Crippen LogP contribution in [0.3, 0.4) is 0 Å². The van der Waals surface area contributed by atoms with Crippen molar-refractivity contribution in [3.05, 3.63) is 28.1 Å². The van der Waals surface area contributed by atoms with Crippen molar-refractivity contribution in [1.29, 1.82) is 5.26 Å². The number of anilines is 1. The zero-order valence-electron chi connectivity index (χ0n) is 11.7. The lowest BCUT2D eigenvalue weighted by Crippen LogP contribution is -2.20. The summed E-state index contributed by atoms with van der Waals surface area (Å²) in [5.41, 5.74) is 2.58. The molecule has 1 aliphatic rings. The third kappa shape index (κ3) is 1.80. The maximum absolute atomic E-state index is 9.10. The molecule has 0 saturated heterocycles. The number of thiophene rings is 2. The summed E-state index contributed by atoms with van der Waals surface area (Å²) < 4.78 is 0. The second kappa shape index (κ2) is 4.59. The summed E-state index contributed by atoms with van der Waals surface area (Å²) in [6.45, 7) is 5.23. The summed E-state index contributed by atoms with van der Waals surface area (Å²) >= 11 is 3.34. The van der Waals surface area contributed by atoms with E-state index in [9.17, 15) is 0 Å². The molecule has 3 nitrogen and oxygen atoms in total. The molecule has 0 spiro atoms. The molecule has 0 fully saturated rings. The molecule has 2 aromatic rings. The van der Waals surface area contributed by atoms with Crippen LogP contribution >= 0.6 is 22.7 Å². The molecule has 0 atom stereocenters. The molecule has 0 aliphatic heterocycles. The van der Waals surface area contributed by atoms with Crippen molar-refractivity contribution in [2.24, 2.45) is 0 Å². The Bertz CT molecular complexity index is 706. The van der Waals surface area contributed by atoms with Crippen molar-refractivity contribution in [3.8, 4) is 15.8 Å². The van der Waals surface area contributed by atoms with Crippen molar-refractivity contribution in [3.63, 3.8) is 0 Å². The number of nitrogens with zero attached hydrogens (tertiary/aromatic N) is 2. The Morgan fingerprint density at radius 1 is 1.25 bits per heavy atom. The lowest BCUT2D eigenvalue weighted by molar-refractivity contribution is 0.304. The van der Waals surface area contributed by atoms with Crippen LogP contribution in [0.4, 0.5) is 5.00 Å². The fourth-order valence-corrected chi connectivity index (χ4v) is 5.26. The van der Waals surface area contributed by atoms with Crippen molar-refractivity contribution in [2.75, 3.05) is 25.1 Å². The average molecular weight is 304 g/mol. The Hall–Kier alpha value is -1.35. The number of rotatable bonds is 3. The normalized spacial score (nSPS) is 14.8. The predicted molar refractivity (Wildman–Crippen MR) is 84.8 cm³/mol. The summed E-state index contributed by atoms with van der Waals surface area (Å²) in [4.78, 5) is 5.40. The smallest absolute Gasteiger partial charge is 0.110 e. The monoisotopic (exact) mass is 304 g/mol. The summed E-state index contributed by atoms with van der Waals surface area (Å²) in [5.74, 6) is 0. The van der Waals surface area contributed by atoms with E-state index in [4.69, 9.17) is 10.4 Å². The van der Waals surface area contributed by atoms with Gasteiger partial charge >= 0.3 is 0 Å². The molecule has 0 bridgehead atoms. The SMILES string of the molecule is CN(CCO)c1cc2c(s1)-c1sc(C#N)cc1C2(C)C. The van der Waals surface area contributed by atoms with Crippen LogP contribution in [-0.2, 0) is 5.41 Å². The van der Waals surface area contributed by atoms with Gasteiger partial charge in [0, 0.05) is 19.0 Å². The Balaban J connectivity index is 2.12. The van der Waals surface area contributed by atoms with Crippen molar-refractivity contribution < 1.29 is 5.11 Å². The first-order valence-electron chi connectivity index (χ1n) is 6.50. The molecule has 0 saturated carbocycles. The van der Waals surface area contributed by atoms with Crippen LogP contribution in [0, 0.1) is 11.3 Å². The number of hydrogen-bond acceptors (Lipinski definition) is 5. The van der Waals surface area contributed by atoms with Gasteiger partial charge in [-0.1, -0.05) is 13.8 Å². The quantitative estimate of drug-likeness (QED) is 0.945. The maximum atomic E-state index is 9.10. The summed E-state index contributed by atoms with van der Waals surface area (Å²) in [6.07, 6.45) is 0. The fourth-order valence-electron chi connectivity index (χ4n) is 2.68. The van der Waals surface area contributed by atoms with Crippen LogP contribution in [0.1, 0.15) is 29.9 Å². The minimum atomic E-state index is -0.0366. The lowest BCUT2D eigenvalue weighted by Gasteiger charge is -2.20. The topological polar surface area (TPSA) is 47.3 Å². The molecule has 0 radical (unpaired) electrons. The highest BCUT2D eigenvalue weighted by molar-refractivity contribution is 7.25. The first-order chi connectivity index (χ1) is 9.48. The highest BCUT2D eigenvalue weighted by Gasteiger charge is 2.39.